The molecule has 8 nitrogen and oxygen atoms in total. The summed E-state index contributed by atoms with van der Waals surface area (Å²) in [6.07, 6.45) is -1.55. The molecule has 2 unspecified atom stereocenters. The predicted molar refractivity (Wildman–Crippen MR) is 137 cm³/mol. The van der Waals surface area contributed by atoms with Crippen LogP contribution in [0.25, 0.3) is 16.3 Å². The van der Waals surface area contributed by atoms with Crippen molar-refractivity contribution in [3.63, 3.8) is 0 Å². The molecule has 1 aliphatic rings. The van der Waals surface area contributed by atoms with Crippen LogP contribution in [0.5, 0.6) is 5.75 Å². The fourth-order valence-electron chi connectivity index (χ4n) is 3.91. The van der Waals surface area contributed by atoms with E-state index in [-0.39, 0.29) is 26.1 Å². The highest BCUT2D eigenvalue weighted by molar-refractivity contribution is 5.85. The number of carbonyl (C=O) groups excluding carboxylic acids is 1. The van der Waals surface area contributed by atoms with Gasteiger partial charge in [0.15, 0.2) is 0 Å². The summed E-state index contributed by atoms with van der Waals surface area (Å²) in [4.78, 5) is 33.6. The van der Waals surface area contributed by atoms with E-state index in [0.29, 0.717) is 11.3 Å². The standard InChI is InChI=1S/C29H30O8/c1-19(25-17-33-28(37-36-25)24-10-6-8-21-7-4-5-9-23(21)24)20-11-13-22(14-12-20)35-29(2,3)18-34-27(32)16-15-26(30)31/h4-14,25,28H,1,15-18H2,2-3H3,(H,30,31). The SMILES string of the molecule is C=C(c1ccc(OC(C)(C)COC(=O)CCC(=O)O)cc1)C1COC(c2cccc3ccccc23)OO1. The van der Waals surface area contributed by atoms with Gasteiger partial charge in [-0.25, -0.2) is 4.89 Å². The first-order valence-corrected chi connectivity index (χ1v) is 12.0. The maximum atomic E-state index is 11.7. The molecule has 0 bridgehead atoms. The van der Waals surface area contributed by atoms with Gasteiger partial charge in [0.25, 0.3) is 0 Å². The first-order valence-electron chi connectivity index (χ1n) is 12.0. The molecular weight excluding hydrogens is 476 g/mol. The second-order valence-electron chi connectivity index (χ2n) is 9.38. The van der Waals surface area contributed by atoms with Gasteiger partial charge in [0.2, 0.25) is 6.29 Å². The first kappa shape index (κ1) is 26.3. The monoisotopic (exact) mass is 506 g/mol. The number of esters is 1. The molecule has 194 valence electrons. The number of benzene rings is 3. The summed E-state index contributed by atoms with van der Waals surface area (Å²) in [7, 11) is 0. The van der Waals surface area contributed by atoms with Crippen LogP contribution in [0, 0.1) is 0 Å². The van der Waals surface area contributed by atoms with Crippen molar-refractivity contribution in [2.24, 2.45) is 0 Å². The fourth-order valence-corrected chi connectivity index (χ4v) is 3.91. The third-order valence-corrected chi connectivity index (χ3v) is 5.87. The number of carboxylic acids is 1. The van der Waals surface area contributed by atoms with Crippen LogP contribution < -0.4 is 4.74 Å². The zero-order chi connectivity index (χ0) is 26.4. The third-order valence-electron chi connectivity index (χ3n) is 5.87. The maximum Gasteiger partial charge on any atom is 0.306 e. The number of carboxylic acid groups (broad SMARTS) is 1. The molecule has 3 aromatic rings. The average Bonchev–Trinajstić information content (AvgIpc) is 2.90. The van der Waals surface area contributed by atoms with Crippen LogP contribution in [0.3, 0.4) is 0 Å². The molecule has 1 aliphatic heterocycles. The molecule has 37 heavy (non-hydrogen) atoms. The molecule has 0 radical (unpaired) electrons. The second-order valence-corrected chi connectivity index (χ2v) is 9.38. The quantitative estimate of drug-likeness (QED) is 0.286. The normalized spacial score (nSPS) is 17.8. The Bertz CT molecular complexity index is 1250. The summed E-state index contributed by atoms with van der Waals surface area (Å²) < 4.78 is 17.1. The van der Waals surface area contributed by atoms with Crippen LogP contribution >= 0.6 is 0 Å². The first-order chi connectivity index (χ1) is 17.7. The van der Waals surface area contributed by atoms with Gasteiger partial charge < -0.3 is 19.3 Å². The molecule has 0 amide bonds. The van der Waals surface area contributed by atoms with Gasteiger partial charge in [-0.2, -0.15) is 4.89 Å². The molecule has 1 fully saturated rings. The Hall–Kier alpha value is -3.72. The van der Waals surface area contributed by atoms with E-state index in [2.05, 4.69) is 6.58 Å². The molecule has 4 rings (SSSR count). The highest BCUT2D eigenvalue weighted by Crippen LogP contribution is 2.33. The van der Waals surface area contributed by atoms with Crippen molar-refractivity contribution in [1.29, 1.82) is 0 Å². The summed E-state index contributed by atoms with van der Waals surface area (Å²) in [6.45, 7) is 7.98. The second kappa shape index (κ2) is 11.6. The summed E-state index contributed by atoms with van der Waals surface area (Å²) in [5, 5.41) is 10.8. The summed E-state index contributed by atoms with van der Waals surface area (Å²) in [6, 6.07) is 21.3. The van der Waals surface area contributed by atoms with Gasteiger partial charge in [-0.15, -0.1) is 0 Å². The molecule has 0 saturated carbocycles. The van der Waals surface area contributed by atoms with Gasteiger partial charge in [-0.3, -0.25) is 9.59 Å². The van der Waals surface area contributed by atoms with Gasteiger partial charge in [-0.05, 0) is 47.9 Å². The largest absolute Gasteiger partial charge is 0.484 e. The van der Waals surface area contributed by atoms with Crippen molar-refractivity contribution in [2.75, 3.05) is 13.2 Å². The van der Waals surface area contributed by atoms with Gasteiger partial charge in [0.1, 0.15) is 24.1 Å². The minimum atomic E-state index is -1.05. The van der Waals surface area contributed by atoms with Crippen molar-refractivity contribution >= 4 is 28.3 Å². The minimum absolute atomic E-state index is 0.0115. The van der Waals surface area contributed by atoms with Gasteiger partial charge in [0.05, 0.1) is 19.4 Å². The molecule has 0 aromatic heterocycles. The van der Waals surface area contributed by atoms with Crippen molar-refractivity contribution in [1.82, 2.24) is 0 Å². The highest BCUT2D eigenvalue weighted by atomic mass is 17.2. The van der Waals surface area contributed by atoms with Crippen molar-refractivity contribution in [3.05, 3.63) is 84.4 Å². The number of aliphatic carboxylic acids is 1. The van der Waals surface area contributed by atoms with Crippen LogP contribution in [0.15, 0.2) is 73.3 Å². The molecule has 1 N–H and O–H groups in total. The van der Waals surface area contributed by atoms with E-state index in [1.165, 1.54) is 0 Å². The smallest absolute Gasteiger partial charge is 0.306 e. The molecule has 0 aliphatic carbocycles. The van der Waals surface area contributed by atoms with Gasteiger partial charge >= 0.3 is 11.9 Å². The van der Waals surface area contributed by atoms with Crippen LogP contribution in [0.1, 0.15) is 44.1 Å². The molecule has 0 spiro atoms. The van der Waals surface area contributed by atoms with Crippen LogP contribution in [-0.4, -0.2) is 42.0 Å². The van der Waals surface area contributed by atoms with Crippen LogP contribution in [-0.2, 0) is 28.8 Å². The van der Waals surface area contributed by atoms with E-state index in [4.69, 9.17) is 29.1 Å². The topological polar surface area (TPSA) is 101 Å². The Morgan fingerprint density at radius 2 is 1.73 bits per heavy atom. The Morgan fingerprint density at radius 1 is 1.00 bits per heavy atom. The molecule has 1 heterocycles. The average molecular weight is 507 g/mol. The number of ether oxygens (including phenoxy) is 3. The lowest BCUT2D eigenvalue weighted by molar-refractivity contribution is -0.435. The third kappa shape index (κ3) is 6.95. The predicted octanol–water partition coefficient (Wildman–Crippen LogP) is 5.46. The Balaban J connectivity index is 1.30. The Kier molecular flexibility index (Phi) is 8.23. The Labute approximate surface area is 215 Å². The maximum absolute atomic E-state index is 11.7. The van der Waals surface area contributed by atoms with E-state index in [0.717, 1.165) is 21.9 Å². The van der Waals surface area contributed by atoms with E-state index >= 15 is 0 Å². The van der Waals surface area contributed by atoms with Crippen LogP contribution in [0.2, 0.25) is 0 Å². The lowest BCUT2D eigenvalue weighted by atomic mass is 10.0. The van der Waals surface area contributed by atoms with Crippen molar-refractivity contribution < 1.29 is 38.7 Å². The van der Waals surface area contributed by atoms with E-state index in [9.17, 15) is 9.59 Å². The summed E-state index contributed by atoms with van der Waals surface area (Å²) >= 11 is 0. The van der Waals surface area contributed by atoms with Gasteiger partial charge in [0, 0.05) is 5.56 Å². The number of rotatable bonds is 10. The van der Waals surface area contributed by atoms with Gasteiger partial charge in [-0.1, -0.05) is 61.2 Å². The number of hydrogen-bond donors (Lipinski definition) is 1. The molecular formula is C29H30O8. The van der Waals surface area contributed by atoms with E-state index in [1.807, 2.05) is 54.6 Å². The zero-order valence-corrected chi connectivity index (χ0v) is 20.8. The molecule has 8 heteroatoms. The van der Waals surface area contributed by atoms with Crippen molar-refractivity contribution in [3.8, 4) is 5.75 Å². The summed E-state index contributed by atoms with van der Waals surface area (Å²) in [5.74, 6) is -1.04. The van der Waals surface area contributed by atoms with Crippen molar-refractivity contribution in [2.45, 2.75) is 44.7 Å². The number of carbonyl (C=O) groups is 2. The summed E-state index contributed by atoms with van der Waals surface area (Å²) in [5.41, 5.74) is 1.64. The molecule has 1 saturated heterocycles. The highest BCUT2D eigenvalue weighted by Gasteiger charge is 2.29. The Morgan fingerprint density at radius 3 is 2.43 bits per heavy atom. The number of fused-ring (bicyclic) bond motifs is 1. The minimum Gasteiger partial charge on any atom is -0.484 e. The lowest BCUT2D eigenvalue weighted by Gasteiger charge is -2.30. The van der Waals surface area contributed by atoms with Crippen LogP contribution in [0.4, 0.5) is 0 Å². The zero-order valence-electron chi connectivity index (χ0n) is 20.8. The van der Waals surface area contributed by atoms with E-state index in [1.54, 1.807) is 26.0 Å². The lowest BCUT2D eigenvalue weighted by Crippen LogP contribution is -2.35. The number of hydrogen-bond acceptors (Lipinski definition) is 7. The fraction of sp³-hybridized carbons (Fsp3) is 0.310. The van der Waals surface area contributed by atoms with E-state index < -0.39 is 29.9 Å². The molecule has 2 atom stereocenters. The molecule has 3 aromatic carbocycles.